The number of hydrogen-bond acceptors (Lipinski definition) is 0. The number of hydrogen-bond donors (Lipinski definition) is 0. The van der Waals surface area contributed by atoms with Gasteiger partial charge in [-0.25, -0.2) is 0 Å². The molecule has 2 unspecified atom stereocenters. The highest BCUT2D eigenvalue weighted by atomic mass is 14.3. The van der Waals surface area contributed by atoms with E-state index >= 15 is 0 Å². The molecule has 26 heavy (non-hydrogen) atoms. The standard InChI is InChI=1S/C26H30/c1-3-9-19-17-21(25-13-7-5-11-23(19)25)15-16-22-18-20(10-4-2)24-12-6-8-14-26(22)24/h5-8,11-14,17-18,21-22H,3-4,9-10,15-16H2,1-2H3. The van der Waals surface area contributed by atoms with Gasteiger partial charge in [0, 0.05) is 11.8 Å². The summed E-state index contributed by atoms with van der Waals surface area (Å²) in [6.45, 7) is 4.57. The Hall–Kier alpha value is -2.08. The molecule has 0 saturated heterocycles. The smallest absolute Gasteiger partial charge is 0.00303 e. The van der Waals surface area contributed by atoms with Crippen molar-refractivity contribution in [3.63, 3.8) is 0 Å². The summed E-state index contributed by atoms with van der Waals surface area (Å²) in [5.41, 5.74) is 9.27. The summed E-state index contributed by atoms with van der Waals surface area (Å²) < 4.78 is 0. The van der Waals surface area contributed by atoms with E-state index in [1.165, 1.54) is 49.7 Å². The van der Waals surface area contributed by atoms with Crippen molar-refractivity contribution in [3.05, 3.63) is 82.9 Å². The Morgan fingerprint density at radius 2 is 1.04 bits per heavy atom. The zero-order chi connectivity index (χ0) is 17.9. The summed E-state index contributed by atoms with van der Waals surface area (Å²) in [5.74, 6) is 1.20. The SMILES string of the molecule is CCCC1=CC(CCC2C=C(CCC)c3ccccc32)c2ccccc21. The van der Waals surface area contributed by atoms with E-state index in [1.54, 1.807) is 22.3 Å². The van der Waals surface area contributed by atoms with Gasteiger partial charge in [-0.2, -0.15) is 0 Å². The van der Waals surface area contributed by atoms with Crippen LogP contribution < -0.4 is 0 Å². The molecule has 0 radical (unpaired) electrons. The summed E-state index contributed by atoms with van der Waals surface area (Å²) in [5, 5.41) is 0. The second-order valence-electron chi connectivity index (χ2n) is 7.85. The molecule has 4 rings (SSSR count). The van der Waals surface area contributed by atoms with E-state index < -0.39 is 0 Å². The fourth-order valence-electron chi connectivity index (χ4n) is 4.88. The number of benzene rings is 2. The van der Waals surface area contributed by atoms with Crippen LogP contribution in [-0.2, 0) is 0 Å². The first-order chi connectivity index (χ1) is 12.8. The van der Waals surface area contributed by atoms with E-state index in [0.717, 1.165) is 0 Å². The molecule has 0 aromatic heterocycles. The highest BCUT2D eigenvalue weighted by Crippen LogP contribution is 2.44. The highest BCUT2D eigenvalue weighted by molar-refractivity contribution is 5.76. The Kier molecular flexibility index (Phi) is 5.11. The molecule has 0 heterocycles. The van der Waals surface area contributed by atoms with Crippen molar-refractivity contribution in [3.8, 4) is 0 Å². The summed E-state index contributed by atoms with van der Waals surface area (Å²) >= 11 is 0. The molecule has 2 aromatic carbocycles. The van der Waals surface area contributed by atoms with Crippen LogP contribution in [0.15, 0.2) is 60.7 Å². The third-order valence-electron chi connectivity index (χ3n) is 6.04. The first-order valence-corrected chi connectivity index (χ1v) is 10.4. The quantitative estimate of drug-likeness (QED) is 0.483. The van der Waals surface area contributed by atoms with Crippen LogP contribution in [0.2, 0.25) is 0 Å². The molecule has 0 spiro atoms. The molecule has 0 aliphatic heterocycles. The Morgan fingerprint density at radius 3 is 1.46 bits per heavy atom. The second-order valence-corrected chi connectivity index (χ2v) is 7.85. The normalized spacial score (nSPS) is 20.5. The van der Waals surface area contributed by atoms with Crippen molar-refractivity contribution in [2.24, 2.45) is 0 Å². The van der Waals surface area contributed by atoms with Gasteiger partial charge in [0.15, 0.2) is 0 Å². The largest absolute Gasteiger partial charge is 0.0732 e. The Balaban J connectivity index is 1.53. The molecular weight excluding hydrogens is 312 g/mol. The van der Waals surface area contributed by atoms with Crippen LogP contribution in [0.5, 0.6) is 0 Å². The molecule has 0 nitrogen and oxygen atoms in total. The summed E-state index contributed by atoms with van der Waals surface area (Å²) in [6, 6.07) is 18.1. The predicted octanol–water partition coefficient (Wildman–Crippen LogP) is 7.73. The van der Waals surface area contributed by atoms with E-state index in [2.05, 4.69) is 74.5 Å². The van der Waals surface area contributed by atoms with Gasteiger partial charge in [-0.05, 0) is 59.1 Å². The number of rotatable bonds is 7. The Morgan fingerprint density at radius 1 is 0.615 bits per heavy atom. The average molecular weight is 343 g/mol. The number of allylic oxidation sites excluding steroid dienone is 4. The van der Waals surface area contributed by atoms with Gasteiger partial charge in [-0.1, -0.05) is 87.4 Å². The molecule has 2 atom stereocenters. The first-order valence-electron chi connectivity index (χ1n) is 10.4. The molecule has 2 aliphatic carbocycles. The van der Waals surface area contributed by atoms with E-state index in [-0.39, 0.29) is 0 Å². The molecule has 0 fully saturated rings. The van der Waals surface area contributed by atoms with Crippen molar-refractivity contribution in [1.82, 2.24) is 0 Å². The van der Waals surface area contributed by atoms with Crippen LogP contribution in [0.3, 0.4) is 0 Å². The third kappa shape index (κ3) is 3.18. The van der Waals surface area contributed by atoms with Gasteiger partial charge in [0.05, 0.1) is 0 Å². The fourth-order valence-corrected chi connectivity index (χ4v) is 4.88. The van der Waals surface area contributed by atoms with Crippen molar-refractivity contribution in [1.29, 1.82) is 0 Å². The lowest BCUT2D eigenvalue weighted by Crippen LogP contribution is -1.98. The second kappa shape index (κ2) is 7.66. The van der Waals surface area contributed by atoms with Gasteiger partial charge in [0.1, 0.15) is 0 Å². The molecular formula is C26H30. The molecule has 0 N–H and O–H groups in total. The minimum absolute atomic E-state index is 0.600. The van der Waals surface area contributed by atoms with Crippen LogP contribution in [0.1, 0.15) is 86.5 Å². The van der Waals surface area contributed by atoms with Crippen LogP contribution in [0, 0.1) is 0 Å². The van der Waals surface area contributed by atoms with Gasteiger partial charge >= 0.3 is 0 Å². The average Bonchev–Trinajstić information content (AvgIpc) is 3.20. The van der Waals surface area contributed by atoms with Crippen molar-refractivity contribution in [2.75, 3.05) is 0 Å². The minimum atomic E-state index is 0.600. The molecule has 134 valence electrons. The monoisotopic (exact) mass is 342 g/mol. The third-order valence-corrected chi connectivity index (χ3v) is 6.04. The van der Waals surface area contributed by atoms with E-state index in [4.69, 9.17) is 0 Å². The lowest BCUT2D eigenvalue weighted by molar-refractivity contribution is 0.641. The molecule has 0 bridgehead atoms. The summed E-state index contributed by atoms with van der Waals surface area (Å²) in [6.07, 6.45) is 12.5. The van der Waals surface area contributed by atoms with Gasteiger partial charge in [-0.15, -0.1) is 0 Å². The molecule has 0 amide bonds. The van der Waals surface area contributed by atoms with Crippen LogP contribution in [0.4, 0.5) is 0 Å². The lowest BCUT2D eigenvalue weighted by Gasteiger charge is -2.15. The van der Waals surface area contributed by atoms with Crippen molar-refractivity contribution in [2.45, 2.75) is 64.2 Å². The summed E-state index contributed by atoms with van der Waals surface area (Å²) in [7, 11) is 0. The van der Waals surface area contributed by atoms with Gasteiger partial charge in [-0.3, -0.25) is 0 Å². The van der Waals surface area contributed by atoms with Gasteiger partial charge in [0.25, 0.3) is 0 Å². The van der Waals surface area contributed by atoms with E-state index in [9.17, 15) is 0 Å². The fraction of sp³-hybridized carbons (Fsp3) is 0.385. The van der Waals surface area contributed by atoms with Crippen LogP contribution in [-0.4, -0.2) is 0 Å². The minimum Gasteiger partial charge on any atom is -0.0732 e. The summed E-state index contributed by atoms with van der Waals surface area (Å²) in [4.78, 5) is 0. The number of fused-ring (bicyclic) bond motifs is 2. The highest BCUT2D eigenvalue weighted by Gasteiger charge is 2.26. The zero-order valence-electron chi connectivity index (χ0n) is 16.2. The zero-order valence-corrected chi connectivity index (χ0v) is 16.2. The van der Waals surface area contributed by atoms with E-state index in [0.29, 0.717) is 11.8 Å². The van der Waals surface area contributed by atoms with Crippen LogP contribution >= 0.6 is 0 Å². The first kappa shape index (κ1) is 17.3. The lowest BCUT2D eigenvalue weighted by atomic mass is 9.89. The maximum absolute atomic E-state index is 2.56. The Bertz CT molecular complexity index is 765. The maximum atomic E-state index is 2.56. The molecule has 0 saturated carbocycles. The molecule has 2 aromatic rings. The Labute approximate surface area is 158 Å². The maximum Gasteiger partial charge on any atom is 0.00303 e. The van der Waals surface area contributed by atoms with E-state index in [1.807, 2.05) is 0 Å². The van der Waals surface area contributed by atoms with Crippen molar-refractivity contribution >= 4 is 11.1 Å². The van der Waals surface area contributed by atoms with Gasteiger partial charge in [0.2, 0.25) is 0 Å². The van der Waals surface area contributed by atoms with Gasteiger partial charge < -0.3 is 0 Å². The van der Waals surface area contributed by atoms with Crippen LogP contribution in [0.25, 0.3) is 11.1 Å². The van der Waals surface area contributed by atoms with Crippen molar-refractivity contribution < 1.29 is 0 Å². The predicted molar refractivity (Wildman–Crippen MR) is 113 cm³/mol. The topological polar surface area (TPSA) is 0 Å². The molecule has 2 aliphatic rings. The molecule has 0 heteroatoms.